The second kappa shape index (κ2) is 12.5. The number of aromatic nitrogens is 2. The molecule has 0 atom stereocenters. The van der Waals surface area contributed by atoms with Gasteiger partial charge in [-0.15, -0.1) is 0 Å². The van der Waals surface area contributed by atoms with Crippen molar-refractivity contribution in [3.8, 4) is 11.4 Å². The Morgan fingerprint density at radius 3 is 2.38 bits per heavy atom. The Labute approximate surface area is 200 Å². The minimum Gasteiger partial charge on any atom is -0.369 e. The molecule has 8 nitrogen and oxygen atoms in total. The molecule has 3 rings (SSSR count). The molecular formula is C26H32N6O2. The second-order valence-electron chi connectivity index (χ2n) is 8.17. The van der Waals surface area contributed by atoms with Crippen molar-refractivity contribution in [2.75, 3.05) is 44.4 Å². The molecular weight excluding hydrogens is 428 g/mol. The molecule has 0 saturated carbocycles. The number of amides is 2. The van der Waals surface area contributed by atoms with E-state index in [2.05, 4.69) is 37.7 Å². The molecule has 0 aliphatic carbocycles. The molecule has 0 aliphatic heterocycles. The number of nitrogens with zero attached hydrogens (tertiary/aromatic N) is 3. The van der Waals surface area contributed by atoms with Crippen LogP contribution < -0.4 is 16.0 Å². The summed E-state index contributed by atoms with van der Waals surface area (Å²) in [5, 5.41) is 9.01. The molecule has 8 heteroatoms. The van der Waals surface area contributed by atoms with E-state index < -0.39 is 5.91 Å². The summed E-state index contributed by atoms with van der Waals surface area (Å²) in [6.45, 7) is 4.13. The third-order valence-corrected chi connectivity index (χ3v) is 5.09. The minimum atomic E-state index is -0.413. The van der Waals surface area contributed by atoms with E-state index in [0.717, 1.165) is 24.9 Å². The SMILES string of the molecule is CCCCNC(=O)c1ccccc1NC(=O)c1cc(NCCN(C)C)nc(-c2ccccc2)n1. The summed E-state index contributed by atoms with van der Waals surface area (Å²) in [5.41, 5.74) is 1.86. The highest BCUT2D eigenvalue weighted by atomic mass is 16.2. The van der Waals surface area contributed by atoms with Crippen molar-refractivity contribution in [1.82, 2.24) is 20.2 Å². The Morgan fingerprint density at radius 2 is 1.65 bits per heavy atom. The molecule has 0 unspecified atom stereocenters. The Kier molecular flexibility index (Phi) is 9.11. The number of benzene rings is 2. The number of carbonyl (C=O) groups excluding carboxylic acids is 2. The molecule has 1 aromatic heterocycles. The fourth-order valence-electron chi connectivity index (χ4n) is 3.23. The van der Waals surface area contributed by atoms with E-state index in [1.165, 1.54) is 0 Å². The maximum atomic E-state index is 13.2. The molecule has 1 heterocycles. The van der Waals surface area contributed by atoms with Crippen LogP contribution in [-0.4, -0.2) is 60.4 Å². The van der Waals surface area contributed by atoms with Crippen LogP contribution in [0.4, 0.5) is 11.5 Å². The Balaban J connectivity index is 1.86. The van der Waals surface area contributed by atoms with E-state index in [-0.39, 0.29) is 11.6 Å². The largest absolute Gasteiger partial charge is 0.369 e. The zero-order valence-corrected chi connectivity index (χ0v) is 20.0. The molecule has 0 aliphatic rings. The summed E-state index contributed by atoms with van der Waals surface area (Å²) >= 11 is 0. The van der Waals surface area contributed by atoms with Gasteiger partial charge in [-0.2, -0.15) is 0 Å². The van der Waals surface area contributed by atoms with Gasteiger partial charge in [-0.3, -0.25) is 9.59 Å². The molecule has 34 heavy (non-hydrogen) atoms. The number of nitrogens with one attached hydrogen (secondary N) is 3. The first-order valence-electron chi connectivity index (χ1n) is 11.5. The number of unbranched alkanes of at least 4 members (excludes halogenated alkanes) is 1. The van der Waals surface area contributed by atoms with E-state index in [9.17, 15) is 9.59 Å². The molecule has 2 aromatic carbocycles. The molecule has 2 amide bonds. The fraction of sp³-hybridized carbons (Fsp3) is 0.308. The van der Waals surface area contributed by atoms with Crippen LogP contribution in [-0.2, 0) is 0 Å². The Hall–Kier alpha value is -3.78. The van der Waals surface area contributed by atoms with E-state index in [1.54, 1.807) is 30.3 Å². The number of carbonyl (C=O) groups is 2. The van der Waals surface area contributed by atoms with Crippen molar-refractivity contribution >= 4 is 23.3 Å². The van der Waals surface area contributed by atoms with Gasteiger partial charge in [-0.1, -0.05) is 55.8 Å². The van der Waals surface area contributed by atoms with Gasteiger partial charge in [-0.25, -0.2) is 9.97 Å². The molecule has 0 bridgehead atoms. The van der Waals surface area contributed by atoms with Crippen LogP contribution in [0, 0.1) is 0 Å². The lowest BCUT2D eigenvalue weighted by Crippen LogP contribution is -2.26. The lowest BCUT2D eigenvalue weighted by molar-refractivity contribution is 0.0954. The van der Waals surface area contributed by atoms with Crippen molar-refractivity contribution in [2.45, 2.75) is 19.8 Å². The first-order valence-corrected chi connectivity index (χ1v) is 11.5. The monoisotopic (exact) mass is 460 g/mol. The van der Waals surface area contributed by atoms with Crippen LogP contribution in [0.15, 0.2) is 60.7 Å². The molecule has 0 spiro atoms. The van der Waals surface area contributed by atoms with Gasteiger partial charge in [-0.05, 0) is 32.6 Å². The highest BCUT2D eigenvalue weighted by Gasteiger charge is 2.17. The van der Waals surface area contributed by atoms with Gasteiger partial charge < -0.3 is 20.9 Å². The van der Waals surface area contributed by atoms with E-state index in [1.807, 2.05) is 44.4 Å². The normalized spacial score (nSPS) is 10.7. The lowest BCUT2D eigenvalue weighted by Gasteiger charge is -2.14. The molecule has 3 aromatic rings. The quantitative estimate of drug-likeness (QED) is 0.375. The van der Waals surface area contributed by atoms with Gasteiger partial charge in [0, 0.05) is 31.3 Å². The number of anilines is 2. The van der Waals surface area contributed by atoms with E-state index >= 15 is 0 Å². The van der Waals surface area contributed by atoms with Gasteiger partial charge >= 0.3 is 0 Å². The molecule has 0 radical (unpaired) electrons. The summed E-state index contributed by atoms with van der Waals surface area (Å²) < 4.78 is 0. The van der Waals surface area contributed by atoms with Crippen molar-refractivity contribution in [3.05, 3.63) is 71.9 Å². The van der Waals surface area contributed by atoms with Gasteiger partial charge in [0.1, 0.15) is 11.5 Å². The lowest BCUT2D eigenvalue weighted by atomic mass is 10.1. The van der Waals surface area contributed by atoms with Crippen LogP contribution in [0.1, 0.15) is 40.6 Å². The standard InChI is InChI=1S/C26H32N6O2/c1-4-5-15-28-25(33)20-13-9-10-14-21(20)30-26(34)22-18-23(27-16-17-32(2)3)31-24(29-22)19-11-7-6-8-12-19/h6-14,18H,4-5,15-17H2,1-3H3,(H,28,33)(H,30,34)(H,27,29,31). The number of rotatable bonds is 11. The third kappa shape index (κ3) is 7.11. The highest BCUT2D eigenvalue weighted by molar-refractivity contribution is 6.08. The smallest absolute Gasteiger partial charge is 0.274 e. The first-order chi connectivity index (χ1) is 16.5. The van der Waals surface area contributed by atoms with Crippen LogP contribution in [0.5, 0.6) is 0 Å². The number of hydrogen-bond donors (Lipinski definition) is 3. The first kappa shape index (κ1) is 24.9. The maximum Gasteiger partial charge on any atom is 0.274 e. The molecule has 3 N–H and O–H groups in total. The molecule has 0 saturated heterocycles. The summed E-state index contributed by atoms with van der Waals surface area (Å²) in [4.78, 5) is 37.0. The fourth-order valence-corrected chi connectivity index (χ4v) is 3.23. The van der Waals surface area contributed by atoms with Crippen molar-refractivity contribution in [2.24, 2.45) is 0 Å². The minimum absolute atomic E-state index is 0.211. The molecule has 0 fully saturated rings. The zero-order chi connectivity index (χ0) is 24.3. The maximum absolute atomic E-state index is 13.2. The van der Waals surface area contributed by atoms with Crippen LogP contribution in [0.3, 0.4) is 0 Å². The molecule has 178 valence electrons. The number of hydrogen-bond acceptors (Lipinski definition) is 6. The van der Waals surface area contributed by atoms with E-state index in [4.69, 9.17) is 0 Å². The third-order valence-electron chi connectivity index (χ3n) is 5.09. The van der Waals surface area contributed by atoms with Gasteiger partial charge in [0.2, 0.25) is 0 Å². The number of likely N-dealkylation sites (N-methyl/N-ethyl adjacent to an activating group) is 1. The van der Waals surface area contributed by atoms with Gasteiger partial charge in [0.05, 0.1) is 11.3 Å². The summed E-state index contributed by atoms with van der Waals surface area (Å²) in [7, 11) is 3.98. The topological polar surface area (TPSA) is 99.2 Å². The predicted octanol–water partition coefficient (Wildman–Crippen LogP) is 3.90. The summed E-state index contributed by atoms with van der Waals surface area (Å²) in [5.74, 6) is 0.379. The van der Waals surface area contributed by atoms with Crippen LogP contribution in [0.2, 0.25) is 0 Å². The average molecular weight is 461 g/mol. The Bertz CT molecular complexity index is 1100. The average Bonchev–Trinajstić information content (AvgIpc) is 2.84. The van der Waals surface area contributed by atoms with Crippen LogP contribution in [0.25, 0.3) is 11.4 Å². The zero-order valence-electron chi connectivity index (χ0n) is 20.0. The highest BCUT2D eigenvalue weighted by Crippen LogP contribution is 2.20. The second-order valence-corrected chi connectivity index (χ2v) is 8.17. The summed E-state index contributed by atoms with van der Waals surface area (Å²) in [6, 6.07) is 18.1. The number of para-hydroxylation sites is 1. The van der Waals surface area contributed by atoms with E-state index in [0.29, 0.717) is 36.0 Å². The van der Waals surface area contributed by atoms with Crippen LogP contribution >= 0.6 is 0 Å². The van der Waals surface area contributed by atoms with Crippen molar-refractivity contribution in [3.63, 3.8) is 0 Å². The van der Waals surface area contributed by atoms with Crippen molar-refractivity contribution < 1.29 is 9.59 Å². The van der Waals surface area contributed by atoms with Crippen molar-refractivity contribution in [1.29, 1.82) is 0 Å². The van der Waals surface area contributed by atoms with Gasteiger partial charge in [0.15, 0.2) is 5.82 Å². The Morgan fingerprint density at radius 1 is 0.912 bits per heavy atom. The summed E-state index contributed by atoms with van der Waals surface area (Å²) in [6.07, 6.45) is 1.88. The van der Waals surface area contributed by atoms with Gasteiger partial charge in [0.25, 0.3) is 11.8 Å². The predicted molar refractivity (Wildman–Crippen MR) is 136 cm³/mol.